The lowest BCUT2D eigenvalue weighted by Crippen LogP contribution is -2.26. The van der Waals surface area contributed by atoms with Crippen molar-refractivity contribution < 1.29 is 8.42 Å². The minimum atomic E-state index is -3.73. The first-order chi connectivity index (χ1) is 7.90. The molecule has 0 aliphatic carbocycles. The summed E-state index contributed by atoms with van der Waals surface area (Å²) in [7, 11) is -3.73. The van der Waals surface area contributed by atoms with Gasteiger partial charge in [-0.3, -0.25) is 4.68 Å². The zero-order chi connectivity index (χ0) is 13.1. The zero-order valence-electron chi connectivity index (χ0n) is 10.5. The van der Waals surface area contributed by atoms with E-state index >= 15 is 0 Å². The first kappa shape index (κ1) is 14.1. The minimum absolute atomic E-state index is 0.107. The summed E-state index contributed by atoms with van der Waals surface area (Å²) in [5.74, 6) is 0. The van der Waals surface area contributed by atoms with Crippen molar-refractivity contribution in [2.75, 3.05) is 0 Å². The molecule has 3 N–H and O–H groups in total. The van der Waals surface area contributed by atoms with Crippen molar-refractivity contribution >= 4 is 10.0 Å². The Kier molecular flexibility index (Phi) is 4.67. The van der Waals surface area contributed by atoms with Crippen molar-refractivity contribution in [2.45, 2.75) is 51.3 Å². The summed E-state index contributed by atoms with van der Waals surface area (Å²) >= 11 is 0. The SMILES string of the molecule is CCC(C)NCc1cnn(CC)c1S(N)(=O)=O. The third-order valence-electron chi connectivity index (χ3n) is 2.68. The van der Waals surface area contributed by atoms with Gasteiger partial charge in [-0.15, -0.1) is 0 Å². The number of aromatic nitrogens is 2. The fourth-order valence-corrected chi connectivity index (χ4v) is 2.48. The number of hydrogen-bond acceptors (Lipinski definition) is 4. The molecular weight excluding hydrogens is 240 g/mol. The highest BCUT2D eigenvalue weighted by molar-refractivity contribution is 7.89. The number of primary sulfonamides is 1. The molecule has 0 radical (unpaired) electrons. The van der Waals surface area contributed by atoms with Crippen LogP contribution in [0.2, 0.25) is 0 Å². The van der Waals surface area contributed by atoms with Crippen LogP contribution in [0.25, 0.3) is 0 Å². The Labute approximate surface area is 102 Å². The molecule has 7 heteroatoms. The molecule has 1 unspecified atom stereocenters. The molecule has 0 amide bonds. The van der Waals surface area contributed by atoms with E-state index in [0.717, 1.165) is 6.42 Å². The summed E-state index contributed by atoms with van der Waals surface area (Å²) in [6.07, 6.45) is 2.53. The van der Waals surface area contributed by atoms with Crippen LogP contribution in [0.5, 0.6) is 0 Å². The maximum absolute atomic E-state index is 11.5. The van der Waals surface area contributed by atoms with Crippen molar-refractivity contribution in [3.63, 3.8) is 0 Å². The van der Waals surface area contributed by atoms with E-state index in [1.807, 2.05) is 13.8 Å². The lowest BCUT2D eigenvalue weighted by Gasteiger charge is -2.11. The molecule has 0 spiro atoms. The van der Waals surface area contributed by atoms with Crippen LogP contribution in [-0.4, -0.2) is 24.2 Å². The number of rotatable bonds is 6. The topological polar surface area (TPSA) is 90.0 Å². The highest BCUT2D eigenvalue weighted by Gasteiger charge is 2.20. The fourth-order valence-electron chi connectivity index (χ4n) is 1.52. The molecule has 17 heavy (non-hydrogen) atoms. The number of nitrogens with zero attached hydrogens (tertiary/aromatic N) is 2. The maximum atomic E-state index is 11.5. The second-order valence-electron chi connectivity index (χ2n) is 4.03. The van der Waals surface area contributed by atoms with E-state index in [2.05, 4.69) is 17.3 Å². The number of nitrogens with one attached hydrogen (secondary N) is 1. The number of aryl methyl sites for hydroxylation is 1. The van der Waals surface area contributed by atoms with Gasteiger partial charge in [0.25, 0.3) is 10.0 Å². The summed E-state index contributed by atoms with van der Waals surface area (Å²) in [5.41, 5.74) is 0.620. The lowest BCUT2D eigenvalue weighted by atomic mass is 10.2. The van der Waals surface area contributed by atoms with Gasteiger partial charge in [-0.1, -0.05) is 6.92 Å². The van der Waals surface area contributed by atoms with Crippen LogP contribution in [0.1, 0.15) is 32.8 Å². The van der Waals surface area contributed by atoms with E-state index in [1.54, 1.807) is 6.20 Å². The molecule has 98 valence electrons. The summed E-state index contributed by atoms with van der Waals surface area (Å²) in [6, 6.07) is 0.327. The van der Waals surface area contributed by atoms with Crippen LogP contribution in [-0.2, 0) is 23.1 Å². The Hall–Kier alpha value is -0.920. The van der Waals surface area contributed by atoms with Crippen LogP contribution in [0, 0.1) is 0 Å². The summed E-state index contributed by atoms with van der Waals surface area (Å²) in [6.45, 7) is 6.87. The molecular formula is C10H20N4O2S. The molecule has 0 aliphatic rings. The first-order valence-corrected chi connectivity index (χ1v) is 7.25. The van der Waals surface area contributed by atoms with Crippen molar-refractivity contribution in [3.8, 4) is 0 Å². The van der Waals surface area contributed by atoms with Gasteiger partial charge in [0.2, 0.25) is 0 Å². The van der Waals surface area contributed by atoms with Crippen molar-refractivity contribution in [3.05, 3.63) is 11.8 Å². The Morgan fingerprint density at radius 3 is 2.65 bits per heavy atom. The molecule has 0 aliphatic heterocycles. The van der Waals surface area contributed by atoms with Gasteiger partial charge >= 0.3 is 0 Å². The predicted octanol–water partition coefficient (Wildman–Crippen LogP) is 0.439. The molecule has 1 heterocycles. The average Bonchev–Trinajstić information content (AvgIpc) is 2.68. The predicted molar refractivity (Wildman–Crippen MR) is 65.9 cm³/mol. The molecule has 0 aromatic carbocycles. The molecule has 1 atom stereocenters. The second kappa shape index (κ2) is 5.61. The van der Waals surface area contributed by atoms with E-state index in [1.165, 1.54) is 4.68 Å². The van der Waals surface area contributed by atoms with E-state index in [-0.39, 0.29) is 5.03 Å². The van der Waals surface area contributed by atoms with Gasteiger partial charge in [-0.2, -0.15) is 5.10 Å². The molecule has 0 saturated carbocycles. The van der Waals surface area contributed by atoms with Gasteiger partial charge in [0.15, 0.2) is 5.03 Å². The van der Waals surface area contributed by atoms with Crippen LogP contribution < -0.4 is 10.5 Å². The third-order valence-corrected chi connectivity index (χ3v) is 3.70. The number of nitrogens with two attached hydrogens (primary N) is 1. The Bertz CT molecular complexity index is 467. The molecule has 0 bridgehead atoms. The fraction of sp³-hybridized carbons (Fsp3) is 0.700. The minimum Gasteiger partial charge on any atom is -0.310 e. The number of sulfonamides is 1. The van der Waals surface area contributed by atoms with Crippen LogP contribution >= 0.6 is 0 Å². The highest BCUT2D eigenvalue weighted by atomic mass is 32.2. The Morgan fingerprint density at radius 2 is 2.18 bits per heavy atom. The van der Waals surface area contributed by atoms with Gasteiger partial charge in [0, 0.05) is 24.7 Å². The van der Waals surface area contributed by atoms with Crippen LogP contribution in [0.15, 0.2) is 11.2 Å². The van der Waals surface area contributed by atoms with E-state index in [9.17, 15) is 8.42 Å². The highest BCUT2D eigenvalue weighted by Crippen LogP contribution is 2.14. The molecule has 0 saturated heterocycles. The quantitative estimate of drug-likeness (QED) is 0.776. The van der Waals surface area contributed by atoms with Crippen molar-refractivity contribution in [1.29, 1.82) is 0 Å². The summed E-state index contributed by atoms with van der Waals surface area (Å²) < 4.78 is 24.4. The molecule has 0 fully saturated rings. The summed E-state index contributed by atoms with van der Waals surface area (Å²) in [5, 5.41) is 12.6. The molecule has 1 aromatic rings. The van der Waals surface area contributed by atoms with Crippen LogP contribution in [0.4, 0.5) is 0 Å². The van der Waals surface area contributed by atoms with E-state index < -0.39 is 10.0 Å². The molecule has 1 aromatic heterocycles. The summed E-state index contributed by atoms with van der Waals surface area (Å²) in [4.78, 5) is 0. The lowest BCUT2D eigenvalue weighted by molar-refractivity contribution is 0.519. The average molecular weight is 260 g/mol. The van der Waals surface area contributed by atoms with Gasteiger partial charge in [-0.25, -0.2) is 13.6 Å². The standard InChI is InChI=1S/C10H20N4O2S/c1-4-8(3)12-6-9-7-13-14(5-2)10(9)17(11,15)16/h7-8,12H,4-6H2,1-3H3,(H2,11,15,16). The van der Waals surface area contributed by atoms with Gasteiger partial charge in [0.05, 0.1) is 6.20 Å². The third kappa shape index (κ3) is 3.52. The van der Waals surface area contributed by atoms with Gasteiger partial charge in [0.1, 0.15) is 0 Å². The molecule has 1 rings (SSSR count). The van der Waals surface area contributed by atoms with E-state index in [0.29, 0.717) is 24.7 Å². The normalized spacial score (nSPS) is 13.9. The number of hydrogen-bond donors (Lipinski definition) is 2. The first-order valence-electron chi connectivity index (χ1n) is 5.71. The van der Waals surface area contributed by atoms with Crippen LogP contribution in [0.3, 0.4) is 0 Å². The van der Waals surface area contributed by atoms with E-state index in [4.69, 9.17) is 5.14 Å². The monoisotopic (exact) mass is 260 g/mol. The smallest absolute Gasteiger partial charge is 0.255 e. The molecule has 6 nitrogen and oxygen atoms in total. The largest absolute Gasteiger partial charge is 0.310 e. The Balaban J connectivity index is 2.97. The second-order valence-corrected chi connectivity index (χ2v) is 5.50. The Morgan fingerprint density at radius 1 is 1.53 bits per heavy atom. The maximum Gasteiger partial charge on any atom is 0.255 e. The van der Waals surface area contributed by atoms with Gasteiger partial charge in [-0.05, 0) is 20.3 Å². The van der Waals surface area contributed by atoms with Crippen molar-refractivity contribution in [1.82, 2.24) is 15.1 Å². The zero-order valence-corrected chi connectivity index (χ0v) is 11.3. The van der Waals surface area contributed by atoms with Gasteiger partial charge < -0.3 is 5.32 Å². The van der Waals surface area contributed by atoms with Crippen molar-refractivity contribution in [2.24, 2.45) is 5.14 Å².